The van der Waals surface area contributed by atoms with Crippen LogP contribution in [0.4, 0.5) is 0 Å². The van der Waals surface area contributed by atoms with Gasteiger partial charge in [-0.3, -0.25) is 0 Å². The maximum Gasteiger partial charge on any atom is 0.108 e. The van der Waals surface area contributed by atoms with E-state index in [4.69, 9.17) is 5.26 Å². The minimum atomic E-state index is -0.00358. The molecule has 3 heteroatoms. The van der Waals surface area contributed by atoms with Crippen molar-refractivity contribution in [2.75, 3.05) is 26.2 Å². The molecule has 0 bridgehead atoms. The molecular weight excluding hydrogens is 222 g/mol. The lowest BCUT2D eigenvalue weighted by atomic mass is 9.75. The van der Waals surface area contributed by atoms with Crippen molar-refractivity contribution in [3.05, 3.63) is 0 Å². The van der Waals surface area contributed by atoms with Crippen LogP contribution >= 0.6 is 0 Å². The van der Waals surface area contributed by atoms with Gasteiger partial charge in [0.05, 0.1) is 6.07 Å². The number of likely N-dealkylation sites (tertiary alicyclic amines) is 1. The lowest BCUT2D eigenvalue weighted by Crippen LogP contribution is -2.45. The zero-order chi connectivity index (χ0) is 13.6. The maximum absolute atomic E-state index is 9.13. The SMILES string of the molecule is CCCNC(C#N)CN1CCC(C(C)(C)C)CC1. The molecule has 0 saturated carbocycles. The van der Waals surface area contributed by atoms with Crippen molar-refractivity contribution >= 4 is 0 Å². The minimum Gasteiger partial charge on any atom is -0.301 e. The Kier molecular flexibility index (Phi) is 6.11. The summed E-state index contributed by atoms with van der Waals surface area (Å²) in [6, 6.07) is 2.37. The van der Waals surface area contributed by atoms with E-state index in [0.717, 1.165) is 38.5 Å². The molecule has 1 saturated heterocycles. The van der Waals surface area contributed by atoms with Crippen molar-refractivity contribution in [3.63, 3.8) is 0 Å². The molecule has 0 amide bonds. The molecule has 1 aliphatic heterocycles. The van der Waals surface area contributed by atoms with Crippen molar-refractivity contribution < 1.29 is 0 Å². The Balaban J connectivity index is 2.32. The van der Waals surface area contributed by atoms with Crippen molar-refractivity contribution in [1.82, 2.24) is 10.2 Å². The van der Waals surface area contributed by atoms with Crippen molar-refractivity contribution in [3.8, 4) is 6.07 Å². The Bertz CT molecular complexity index is 266. The fourth-order valence-corrected chi connectivity index (χ4v) is 2.71. The molecule has 0 aromatic rings. The topological polar surface area (TPSA) is 39.1 Å². The summed E-state index contributed by atoms with van der Waals surface area (Å²) in [6.45, 7) is 13.3. The first kappa shape index (κ1) is 15.5. The van der Waals surface area contributed by atoms with Crippen LogP contribution in [0.5, 0.6) is 0 Å². The van der Waals surface area contributed by atoms with Gasteiger partial charge in [-0.25, -0.2) is 0 Å². The van der Waals surface area contributed by atoms with Gasteiger partial charge in [-0.2, -0.15) is 5.26 Å². The van der Waals surface area contributed by atoms with Crippen LogP contribution in [0.25, 0.3) is 0 Å². The number of nitrogens with zero attached hydrogens (tertiary/aromatic N) is 2. The molecule has 1 heterocycles. The molecular formula is C15H29N3. The van der Waals surface area contributed by atoms with Gasteiger partial charge in [0.15, 0.2) is 0 Å². The summed E-state index contributed by atoms with van der Waals surface area (Å²) in [6.07, 6.45) is 3.63. The molecule has 0 aromatic heterocycles. The molecule has 1 rings (SSSR count). The van der Waals surface area contributed by atoms with Crippen molar-refractivity contribution in [2.45, 2.75) is 53.0 Å². The minimum absolute atomic E-state index is 0.00358. The number of nitrogens with one attached hydrogen (secondary N) is 1. The molecule has 104 valence electrons. The second kappa shape index (κ2) is 7.11. The van der Waals surface area contributed by atoms with Gasteiger partial charge >= 0.3 is 0 Å². The van der Waals surface area contributed by atoms with E-state index in [1.165, 1.54) is 12.8 Å². The summed E-state index contributed by atoms with van der Waals surface area (Å²) in [5, 5.41) is 12.4. The molecule has 3 nitrogen and oxygen atoms in total. The first-order valence-electron chi connectivity index (χ1n) is 7.32. The summed E-state index contributed by atoms with van der Waals surface area (Å²) < 4.78 is 0. The molecule has 1 N–H and O–H groups in total. The molecule has 1 atom stereocenters. The maximum atomic E-state index is 9.13. The van der Waals surface area contributed by atoms with Crippen LogP contribution < -0.4 is 5.32 Å². The summed E-state index contributed by atoms with van der Waals surface area (Å²) in [4.78, 5) is 2.44. The molecule has 0 aromatic carbocycles. The van der Waals surface area contributed by atoms with Crippen LogP contribution in [0.1, 0.15) is 47.0 Å². The van der Waals surface area contributed by atoms with E-state index in [2.05, 4.69) is 44.0 Å². The first-order chi connectivity index (χ1) is 8.47. The van der Waals surface area contributed by atoms with Crippen molar-refractivity contribution in [1.29, 1.82) is 5.26 Å². The van der Waals surface area contributed by atoms with Crippen LogP contribution in [0.15, 0.2) is 0 Å². The zero-order valence-corrected chi connectivity index (χ0v) is 12.5. The Hall–Kier alpha value is -0.590. The lowest BCUT2D eigenvalue weighted by Gasteiger charge is -2.39. The zero-order valence-electron chi connectivity index (χ0n) is 12.5. The highest BCUT2D eigenvalue weighted by Crippen LogP contribution is 2.34. The largest absolute Gasteiger partial charge is 0.301 e. The standard InChI is InChI=1S/C15H29N3/c1-5-8-17-14(11-16)12-18-9-6-13(7-10-18)15(2,3)4/h13-14,17H,5-10,12H2,1-4H3. The first-order valence-corrected chi connectivity index (χ1v) is 7.32. The van der Waals surface area contributed by atoms with Gasteiger partial charge in [0, 0.05) is 6.54 Å². The second-order valence-corrected chi connectivity index (χ2v) is 6.58. The number of piperidine rings is 1. The summed E-state index contributed by atoms with van der Waals surface area (Å²) in [5.74, 6) is 0.831. The third-order valence-electron chi connectivity index (χ3n) is 4.05. The summed E-state index contributed by atoms with van der Waals surface area (Å²) in [5.41, 5.74) is 0.432. The van der Waals surface area contributed by atoms with Gasteiger partial charge in [0.25, 0.3) is 0 Å². The molecule has 1 fully saturated rings. The molecule has 1 aliphatic rings. The molecule has 18 heavy (non-hydrogen) atoms. The van der Waals surface area contributed by atoms with Crippen LogP contribution in [0.2, 0.25) is 0 Å². The van der Waals surface area contributed by atoms with Gasteiger partial charge in [-0.05, 0) is 50.2 Å². The Morgan fingerprint density at radius 3 is 2.39 bits per heavy atom. The number of nitriles is 1. The molecule has 1 unspecified atom stereocenters. The van der Waals surface area contributed by atoms with E-state index in [9.17, 15) is 0 Å². The highest BCUT2D eigenvalue weighted by Gasteiger charge is 2.29. The highest BCUT2D eigenvalue weighted by atomic mass is 15.2. The average Bonchev–Trinajstić information content (AvgIpc) is 2.34. The Morgan fingerprint density at radius 1 is 1.33 bits per heavy atom. The smallest absolute Gasteiger partial charge is 0.108 e. The third-order valence-corrected chi connectivity index (χ3v) is 4.05. The van der Waals surface area contributed by atoms with Gasteiger partial charge in [0.2, 0.25) is 0 Å². The van der Waals surface area contributed by atoms with Crippen LogP contribution in [-0.4, -0.2) is 37.1 Å². The monoisotopic (exact) mass is 251 g/mol. The van der Waals surface area contributed by atoms with Crippen LogP contribution in [-0.2, 0) is 0 Å². The quantitative estimate of drug-likeness (QED) is 0.816. The van der Waals surface area contributed by atoms with E-state index in [0.29, 0.717) is 5.41 Å². The fraction of sp³-hybridized carbons (Fsp3) is 0.933. The average molecular weight is 251 g/mol. The number of hydrogen-bond acceptors (Lipinski definition) is 3. The summed E-state index contributed by atoms with van der Waals surface area (Å²) in [7, 11) is 0. The van der Waals surface area contributed by atoms with Gasteiger partial charge in [0.1, 0.15) is 6.04 Å². The van der Waals surface area contributed by atoms with Crippen LogP contribution in [0.3, 0.4) is 0 Å². The fourth-order valence-electron chi connectivity index (χ4n) is 2.71. The number of hydrogen-bond donors (Lipinski definition) is 1. The second-order valence-electron chi connectivity index (χ2n) is 6.58. The van der Waals surface area contributed by atoms with Crippen LogP contribution in [0, 0.1) is 22.7 Å². The third kappa shape index (κ3) is 4.96. The lowest BCUT2D eigenvalue weighted by molar-refractivity contribution is 0.109. The Morgan fingerprint density at radius 2 is 1.94 bits per heavy atom. The van der Waals surface area contributed by atoms with E-state index in [1.807, 2.05) is 0 Å². The molecule has 0 radical (unpaired) electrons. The predicted molar refractivity (Wildman–Crippen MR) is 76.3 cm³/mol. The molecule has 0 spiro atoms. The summed E-state index contributed by atoms with van der Waals surface area (Å²) >= 11 is 0. The van der Waals surface area contributed by atoms with Gasteiger partial charge in [-0.1, -0.05) is 27.7 Å². The van der Waals surface area contributed by atoms with Gasteiger partial charge < -0.3 is 10.2 Å². The van der Waals surface area contributed by atoms with E-state index >= 15 is 0 Å². The van der Waals surface area contributed by atoms with Crippen molar-refractivity contribution in [2.24, 2.45) is 11.3 Å². The van der Waals surface area contributed by atoms with E-state index in [-0.39, 0.29) is 6.04 Å². The van der Waals surface area contributed by atoms with E-state index < -0.39 is 0 Å². The molecule has 0 aliphatic carbocycles. The number of rotatable bonds is 5. The van der Waals surface area contributed by atoms with Gasteiger partial charge in [-0.15, -0.1) is 0 Å². The normalized spacial score (nSPS) is 20.6. The Labute approximate surface area is 113 Å². The highest BCUT2D eigenvalue weighted by molar-refractivity contribution is 4.93. The van der Waals surface area contributed by atoms with E-state index in [1.54, 1.807) is 0 Å². The predicted octanol–water partition coefficient (Wildman–Crippen LogP) is 2.64.